The standard InChI is InChI=1S/C25H28N2O/c1-5-8-9-18-16-23-24(14-17(18)4)28-25-21-12-11-20(27(6-2)7-3)15-19(21)10-13-22(25)26-23/h10-16H,4-9H2,1-3H3. The molecule has 144 valence electrons. The molecule has 1 heterocycles. The molecule has 0 unspecified atom stereocenters. The third kappa shape index (κ3) is 3.26. The molecule has 0 spiro atoms. The Kier molecular flexibility index (Phi) is 5.08. The van der Waals surface area contributed by atoms with Crippen molar-refractivity contribution in [2.45, 2.75) is 40.0 Å². The van der Waals surface area contributed by atoms with Crippen LogP contribution in [0.1, 0.15) is 39.2 Å². The minimum absolute atomic E-state index is 0.804. The summed E-state index contributed by atoms with van der Waals surface area (Å²) in [5, 5.41) is 4.22. The SMILES string of the molecule is C=c1cc2c(cc1CCCC)=Nc1ccc3cc(N(CC)CC)ccc3c1O2. The lowest BCUT2D eigenvalue weighted by molar-refractivity contribution is 0.474. The molecular formula is C25H28N2O. The predicted octanol–water partition coefficient (Wildman–Crippen LogP) is 5.50. The Hall–Kier alpha value is -2.81. The summed E-state index contributed by atoms with van der Waals surface area (Å²) in [6.45, 7) is 12.8. The summed E-state index contributed by atoms with van der Waals surface area (Å²) < 4.78 is 6.34. The van der Waals surface area contributed by atoms with Crippen LogP contribution in [0.15, 0.2) is 47.5 Å². The minimum atomic E-state index is 0.804. The minimum Gasteiger partial charge on any atom is -0.452 e. The predicted molar refractivity (Wildman–Crippen MR) is 119 cm³/mol. The van der Waals surface area contributed by atoms with Crippen LogP contribution in [-0.4, -0.2) is 13.1 Å². The molecule has 0 aromatic heterocycles. The second-order valence-electron chi connectivity index (χ2n) is 7.40. The molecule has 0 amide bonds. The van der Waals surface area contributed by atoms with Crippen molar-refractivity contribution in [1.82, 2.24) is 0 Å². The molecule has 0 aliphatic carbocycles. The topological polar surface area (TPSA) is 24.8 Å². The largest absolute Gasteiger partial charge is 0.452 e. The van der Waals surface area contributed by atoms with Crippen molar-refractivity contribution >= 4 is 28.7 Å². The fourth-order valence-corrected chi connectivity index (χ4v) is 3.92. The summed E-state index contributed by atoms with van der Waals surface area (Å²) in [6.07, 6.45) is 3.38. The Morgan fingerprint density at radius 1 is 1.00 bits per heavy atom. The maximum atomic E-state index is 6.34. The van der Waals surface area contributed by atoms with E-state index in [2.05, 4.69) is 68.6 Å². The lowest BCUT2D eigenvalue weighted by atomic mass is 10.0. The summed E-state index contributed by atoms with van der Waals surface area (Å²) in [5.41, 5.74) is 3.40. The Morgan fingerprint density at radius 2 is 1.82 bits per heavy atom. The second-order valence-corrected chi connectivity index (χ2v) is 7.40. The highest BCUT2D eigenvalue weighted by Gasteiger charge is 2.17. The van der Waals surface area contributed by atoms with Gasteiger partial charge in [0.1, 0.15) is 11.0 Å². The highest BCUT2D eigenvalue weighted by atomic mass is 16.5. The first-order valence-electron chi connectivity index (χ1n) is 10.3. The summed E-state index contributed by atoms with van der Waals surface area (Å²) in [5.74, 6) is 1.65. The number of anilines is 1. The molecule has 3 heteroatoms. The van der Waals surface area contributed by atoms with E-state index in [4.69, 9.17) is 9.73 Å². The van der Waals surface area contributed by atoms with Crippen LogP contribution in [0.3, 0.4) is 0 Å². The van der Waals surface area contributed by atoms with Gasteiger partial charge in [-0.1, -0.05) is 26.0 Å². The number of benzene rings is 3. The number of fused-ring (bicyclic) bond motifs is 4. The first-order valence-corrected chi connectivity index (χ1v) is 10.3. The van der Waals surface area contributed by atoms with Gasteiger partial charge in [0.15, 0.2) is 11.5 Å². The lowest BCUT2D eigenvalue weighted by Crippen LogP contribution is -2.21. The molecule has 0 radical (unpaired) electrons. The second kappa shape index (κ2) is 7.67. The third-order valence-corrected chi connectivity index (χ3v) is 5.60. The fraction of sp³-hybridized carbons (Fsp3) is 0.320. The van der Waals surface area contributed by atoms with E-state index in [9.17, 15) is 0 Å². The lowest BCUT2D eigenvalue weighted by Gasteiger charge is -2.22. The van der Waals surface area contributed by atoms with Gasteiger partial charge in [0, 0.05) is 24.2 Å². The first-order chi connectivity index (χ1) is 13.6. The normalized spacial score (nSPS) is 12.1. The molecule has 28 heavy (non-hydrogen) atoms. The highest BCUT2D eigenvalue weighted by Crippen LogP contribution is 2.41. The van der Waals surface area contributed by atoms with Crippen LogP contribution < -0.4 is 20.2 Å². The van der Waals surface area contributed by atoms with Gasteiger partial charge < -0.3 is 9.64 Å². The van der Waals surface area contributed by atoms with Crippen molar-refractivity contribution in [3.8, 4) is 11.5 Å². The maximum Gasteiger partial charge on any atom is 0.160 e. The average Bonchev–Trinajstić information content (AvgIpc) is 2.71. The van der Waals surface area contributed by atoms with Crippen LogP contribution in [-0.2, 0) is 6.42 Å². The molecule has 1 aliphatic rings. The number of unbranched alkanes of at least 4 members (excludes halogenated alkanes) is 1. The molecular weight excluding hydrogens is 344 g/mol. The van der Waals surface area contributed by atoms with Crippen molar-refractivity contribution in [2.75, 3.05) is 18.0 Å². The van der Waals surface area contributed by atoms with Gasteiger partial charge in [-0.15, -0.1) is 0 Å². The summed E-state index contributed by atoms with van der Waals surface area (Å²) in [4.78, 5) is 7.25. The van der Waals surface area contributed by atoms with Crippen molar-refractivity contribution < 1.29 is 4.74 Å². The monoisotopic (exact) mass is 372 g/mol. The number of hydrogen-bond acceptors (Lipinski definition) is 3. The van der Waals surface area contributed by atoms with E-state index in [-0.39, 0.29) is 0 Å². The zero-order valence-corrected chi connectivity index (χ0v) is 17.1. The number of rotatable bonds is 6. The number of hydrogen-bond donors (Lipinski definition) is 0. The van der Waals surface area contributed by atoms with E-state index in [1.807, 2.05) is 6.07 Å². The van der Waals surface area contributed by atoms with E-state index in [1.54, 1.807) is 0 Å². The Balaban J connectivity index is 1.80. The van der Waals surface area contributed by atoms with Crippen LogP contribution >= 0.6 is 0 Å². The summed E-state index contributed by atoms with van der Waals surface area (Å²) in [6, 6.07) is 15.0. The molecule has 3 nitrogen and oxygen atoms in total. The van der Waals surface area contributed by atoms with Gasteiger partial charge in [-0.3, -0.25) is 0 Å². The van der Waals surface area contributed by atoms with Crippen molar-refractivity contribution in [3.05, 3.63) is 58.6 Å². The molecule has 0 saturated heterocycles. The van der Waals surface area contributed by atoms with Crippen LogP contribution in [0.5, 0.6) is 11.5 Å². The van der Waals surface area contributed by atoms with Crippen LogP contribution in [0.2, 0.25) is 0 Å². The smallest absolute Gasteiger partial charge is 0.160 e. The van der Waals surface area contributed by atoms with Crippen molar-refractivity contribution in [3.63, 3.8) is 0 Å². The van der Waals surface area contributed by atoms with Gasteiger partial charge in [0.25, 0.3) is 0 Å². The van der Waals surface area contributed by atoms with Crippen molar-refractivity contribution in [1.29, 1.82) is 0 Å². The molecule has 0 N–H and O–H groups in total. The van der Waals surface area contributed by atoms with Crippen LogP contribution in [0.25, 0.3) is 17.4 Å². The molecule has 4 rings (SSSR count). The summed E-state index contributed by atoms with van der Waals surface area (Å²) in [7, 11) is 0. The highest BCUT2D eigenvalue weighted by molar-refractivity contribution is 5.95. The maximum absolute atomic E-state index is 6.34. The van der Waals surface area contributed by atoms with Crippen molar-refractivity contribution in [2.24, 2.45) is 4.99 Å². The summed E-state index contributed by atoms with van der Waals surface area (Å²) >= 11 is 0. The van der Waals surface area contributed by atoms with Gasteiger partial charge in [-0.2, -0.15) is 0 Å². The third-order valence-electron chi connectivity index (χ3n) is 5.60. The first kappa shape index (κ1) is 18.5. The van der Waals surface area contributed by atoms with Gasteiger partial charge in [-0.05, 0) is 79.3 Å². The Morgan fingerprint density at radius 3 is 2.57 bits per heavy atom. The number of aryl methyl sites for hydroxylation is 1. The van der Waals surface area contributed by atoms with E-state index in [0.29, 0.717) is 0 Å². The number of ether oxygens (including phenoxy) is 1. The molecule has 0 bridgehead atoms. The molecule has 0 atom stereocenters. The zero-order valence-electron chi connectivity index (χ0n) is 17.1. The van der Waals surface area contributed by atoms with Crippen LogP contribution in [0, 0.1) is 0 Å². The van der Waals surface area contributed by atoms with Gasteiger partial charge >= 0.3 is 0 Å². The van der Waals surface area contributed by atoms with Gasteiger partial charge in [-0.25, -0.2) is 4.99 Å². The average molecular weight is 373 g/mol. The van der Waals surface area contributed by atoms with Gasteiger partial charge in [0.2, 0.25) is 0 Å². The molecule has 3 aromatic carbocycles. The molecule has 1 aliphatic heterocycles. The number of nitrogens with zero attached hydrogens (tertiary/aromatic N) is 2. The van der Waals surface area contributed by atoms with Gasteiger partial charge in [0.05, 0.1) is 0 Å². The van der Waals surface area contributed by atoms with E-state index >= 15 is 0 Å². The molecule has 0 saturated carbocycles. The quantitative estimate of drug-likeness (QED) is 0.447. The van der Waals surface area contributed by atoms with E-state index < -0.39 is 0 Å². The fourth-order valence-electron chi connectivity index (χ4n) is 3.92. The van der Waals surface area contributed by atoms with Crippen LogP contribution in [0.4, 0.5) is 11.4 Å². The zero-order chi connectivity index (χ0) is 19.7. The molecule has 3 aromatic rings. The Labute approximate surface area is 167 Å². The Bertz CT molecular complexity index is 1130. The van der Waals surface area contributed by atoms with E-state index in [0.717, 1.165) is 59.1 Å². The van der Waals surface area contributed by atoms with E-state index in [1.165, 1.54) is 23.1 Å². The molecule has 0 fully saturated rings.